The topological polar surface area (TPSA) is 80.6 Å². The molecule has 2 amide bonds. The number of ether oxygens (including phenoxy) is 1. The zero-order valence-corrected chi connectivity index (χ0v) is 17.3. The Balaban J connectivity index is 1.39. The molecule has 1 fully saturated rings. The number of benzene rings is 3. The number of hydrogen-bond acceptors (Lipinski definition) is 4. The van der Waals surface area contributed by atoms with Crippen LogP contribution in [0.4, 0.5) is 5.69 Å². The van der Waals surface area contributed by atoms with Crippen LogP contribution in [0.1, 0.15) is 39.3 Å². The molecule has 1 aliphatic carbocycles. The van der Waals surface area contributed by atoms with Crippen LogP contribution in [0.25, 0.3) is 11.0 Å². The van der Waals surface area contributed by atoms with E-state index in [1.165, 1.54) is 0 Å². The summed E-state index contributed by atoms with van der Waals surface area (Å²) in [5, 5.41) is 6.63. The molecule has 2 N–H and O–H groups in total. The van der Waals surface area contributed by atoms with Crippen LogP contribution in [0.2, 0.25) is 0 Å². The van der Waals surface area contributed by atoms with Crippen molar-refractivity contribution in [1.82, 2.24) is 5.32 Å². The Kier molecular flexibility index (Phi) is 5.34. The van der Waals surface area contributed by atoms with Gasteiger partial charge < -0.3 is 19.8 Å². The van der Waals surface area contributed by atoms with Crippen LogP contribution in [0.15, 0.2) is 83.3 Å². The van der Waals surface area contributed by atoms with Crippen LogP contribution in [-0.4, -0.2) is 17.9 Å². The van der Waals surface area contributed by atoms with Gasteiger partial charge >= 0.3 is 0 Å². The largest absolute Gasteiger partial charge is 0.489 e. The predicted molar refractivity (Wildman–Crippen MR) is 122 cm³/mol. The molecule has 160 valence electrons. The highest BCUT2D eigenvalue weighted by Gasteiger charge is 2.24. The van der Waals surface area contributed by atoms with Crippen molar-refractivity contribution >= 4 is 28.5 Å². The zero-order valence-electron chi connectivity index (χ0n) is 17.3. The summed E-state index contributed by atoms with van der Waals surface area (Å²) in [6.07, 6.45) is 2.03. The van der Waals surface area contributed by atoms with Gasteiger partial charge in [0, 0.05) is 28.2 Å². The number of rotatable bonds is 7. The lowest BCUT2D eigenvalue weighted by Crippen LogP contribution is -2.25. The zero-order chi connectivity index (χ0) is 21.9. The Morgan fingerprint density at radius 2 is 1.69 bits per heavy atom. The average molecular weight is 426 g/mol. The minimum Gasteiger partial charge on any atom is -0.489 e. The van der Waals surface area contributed by atoms with E-state index in [1.807, 2.05) is 54.6 Å². The first-order valence-electron chi connectivity index (χ1n) is 10.6. The molecule has 6 nitrogen and oxygen atoms in total. The number of anilines is 1. The molecule has 0 radical (unpaired) electrons. The van der Waals surface area contributed by atoms with E-state index in [0.29, 0.717) is 28.1 Å². The highest BCUT2D eigenvalue weighted by Crippen LogP contribution is 2.28. The van der Waals surface area contributed by atoms with E-state index < -0.39 is 5.91 Å². The Bertz CT molecular complexity index is 1280. The molecular weight excluding hydrogens is 404 g/mol. The molecule has 5 rings (SSSR count). The maximum absolute atomic E-state index is 13.1. The summed E-state index contributed by atoms with van der Waals surface area (Å²) in [6, 6.07) is 24.1. The van der Waals surface area contributed by atoms with Crippen LogP contribution < -0.4 is 15.4 Å². The van der Waals surface area contributed by atoms with E-state index in [9.17, 15) is 9.59 Å². The number of carbonyl (C=O) groups excluding carboxylic acids is 2. The minimum absolute atomic E-state index is 0.135. The Morgan fingerprint density at radius 1 is 0.906 bits per heavy atom. The highest BCUT2D eigenvalue weighted by molar-refractivity contribution is 6.07. The molecule has 32 heavy (non-hydrogen) atoms. The molecule has 0 bridgehead atoms. The first-order chi connectivity index (χ1) is 15.7. The standard InChI is InChI=1S/C26H22N2O4/c29-25(27-18-13-14-18)17-7-6-8-19(15-17)28-26(30)24-22(16-31-20-9-2-1-3-10-20)21-11-4-5-12-23(21)32-24/h1-12,15,18H,13-14,16H2,(H,27,29)(H,28,30). The summed E-state index contributed by atoms with van der Waals surface area (Å²) in [5.74, 6) is 0.366. The van der Waals surface area contributed by atoms with Crippen molar-refractivity contribution in [3.05, 3.63) is 95.7 Å². The highest BCUT2D eigenvalue weighted by atomic mass is 16.5. The second-order valence-electron chi connectivity index (χ2n) is 7.79. The first-order valence-corrected chi connectivity index (χ1v) is 10.6. The smallest absolute Gasteiger partial charge is 0.291 e. The van der Waals surface area contributed by atoms with E-state index in [1.54, 1.807) is 24.3 Å². The number of fused-ring (bicyclic) bond motifs is 1. The Labute approximate surface area is 185 Å². The van der Waals surface area contributed by atoms with Crippen molar-refractivity contribution < 1.29 is 18.7 Å². The maximum Gasteiger partial charge on any atom is 0.291 e. The Hall–Kier alpha value is -4.06. The predicted octanol–water partition coefficient (Wildman–Crippen LogP) is 5.16. The molecule has 0 spiro atoms. The molecule has 0 atom stereocenters. The molecule has 0 saturated heterocycles. The molecule has 0 aliphatic heterocycles. The second-order valence-corrected chi connectivity index (χ2v) is 7.79. The fourth-order valence-electron chi connectivity index (χ4n) is 3.52. The monoisotopic (exact) mass is 426 g/mol. The van der Waals surface area contributed by atoms with Crippen LogP contribution in [0.5, 0.6) is 5.75 Å². The quantitative estimate of drug-likeness (QED) is 0.428. The van der Waals surface area contributed by atoms with Crippen molar-refractivity contribution in [2.75, 3.05) is 5.32 Å². The van der Waals surface area contributed by atoms with Crippen molar-refractivity contribution in [2.24, 2.45) is 0 Å². The summed E-state index contributed by atoms with van der Waals surface area (Å²) in [6.45, 7) is 0.188. The Morgan fingerprint density at radius 3 is 2.50 bits per heavy atom. The van der Waals surface area contributed by atoms with Gasteiger partial charge in [-0.3, -0.25) is 9.59 Å². The van der Waals surface area contributed by atoms with E-state index >= 15 is 0 Å². The third-order valence-corrected chi connectivity index (χ3v) is 5.33. The molecule has 1 heterocycles. The van der Waals surface area contributed by atoms with Gasteiger partial charge in [-0.15, -0.1) is 0 Å². The van der Waals surface area contributed by atoms with Gasteiger partial charge in [0.2, 0.25) is 0 Å². The second kappa shape index (κ2) is 8.59. The lowest BCUT2D eigenvalue weighted by molar-refractivity contribution is 0.0949. The summed E-state index contributed by atoms with van der Waals surface area (Å²) >= 11 is 0. The molecule has 6 heteroatoms. The molecule has 1 aliphatic rings. The van der Waals surface area contributed by atoms with E-state index in [0.717, 1.165) is 18.2 Å². The van der Waals surface area contributed by atoms with Gasteiger partial charge in [0.1, 0.15) is 17.9 Å². The minimum atomic E-state index is -0.396. The van der Waals surface area contributed by atoms with E-state index in [-0.39, 0.29) is 24.3 Å². The molecule has 4 aromatic rings. The van der Waals surface area contributed by atoms with Gasteiger partial charge in [-0.2, -0.15) is 0 Å². The molecule has 0 unspecified atom stereocenters. The van der Waals surface area contributed by atoms with Crippen LogP contribution in [0, 0.1) is 0 Å². The summed E-state index contributed by atoms with van der Waals surface area (Å²) in [7, 11) is 0. The van der Waals surface area contributed by atoms with Gasteiger partial charge in [0.05, 0.1) is 0 Å². The number of nitrogens with one attached hydrogen (secondary N) is 2. The molecule has 1 saturated carbocycles. The van der Waals surface area contributed by atoms with Crippen LogP contribution >= 0.6 is 0 Å². The number of carbonyl (C=O) groups is 2. The lowest BCUT2D eigenvalue weighted by Gasteiger charge is -2.09. The molecule has 3 aromatic carbocycles. The van der Waals surface area contributed by atoms with E-state index in [2.05, 4.69) is 10.6 Å². The summed E-state index contributed by atoms with van der Waals surface area (Å²) in [4.78, 5) is 25.5. The van der Waals surface area contributed by atoms with Gasteiger partial charge in [0.15, 0.2) is 5.76 Å². The fourth-order valence-corrected chi connectivity index (χ4v) is 3.52. The number of para-hydroxylation sites is 2. The van der Waals surface area contributed by atoms with Crippen molar-refractivity contribution in [3.8, 4) is 5.75 Å². The van der Waals surface area contributed by atoms with Crippen molar-refractivity contribution in [3.63, 3.8) is 0 Å². The van der Waals surface area contributed by atoms with Crippen LogP contribution in [-0.2, 0) is 6.61 Å². The SMILES string of the molecule is O=C(NC1CC1)c1cccc(NC(=O)c2oc3ccccc3c2COc2ccccc2)c1. The average Bonchev–Trinajstić information content (AvgIpc) is 3.56. The van der Waals surface area contributed by atoms with Crippen molar-refractivity contribution in [1.29, 1.82) is 0 Å². The summed E-state index contributed by atoms with van der Waals surface area (Å²) < 4.78 is 11.8. The van der Waals surface area contributed by atoms with E-state index in [4.69, 9.17) is 9.15 Å². The number of amides is 2. The number of hydrogen-bond donors (Lipinski definition) is 2. The fraction of sp³-hybridized carbons (Fsp3) is 0.154. The third-order valence-electron chi connectivity index (χ3n) is 5.33. The van der Waals surface area contributed by atoms with Gasteiger partial charge in [-0.25, -0.2) is 0 Å². The first kappa shape index (κ1) is 19.9. The summed E-state index contributed by atoms with van der Waals surface area (Å²) in [5.41, 5.74) is 2.31. The third kappa shape index (κ3) is 4.34. The molecule has 1 aromatic heterocycles. The van der Waals surface area contributed by atoms with Gasteiger partial charge in [0.25, 0.3) is 11.8 Å². The lowest BCUT2D eigenvalue weighted by atomic mass is 10.1. The molecular formula is C26H22N2O4. The van der Waals surface area contributed by atoms with Gasteiger partial charge in [-0.1, -0.05) is 42.5 Å². The van der Waals surface area contributed by atoms with Crippen LogP contribution in [0.3, 0.4) is 0 Å². The van der Waals surface area contributed by atoms with Crippen molar-refractivity contribution in [2.45, 2.75) is 25.5 Å². The normalized spacial score (nSPS) is 13.0. The van der Waals surface area contributed by atoms with Gasteiger partial charge in [-0.05, 0) is 49.2 Å². The number of furan rings is 1. The maximum atomic E-state index is 13.1.